The fourth-order valence-corrected chi connectivity index (χ4v) is 4.23. The molecule has 0 radical (unpaired) electrons. The summed E-state index contributed by atoms with van der Waals surface area (Å²) in [6, 6.07) is 16.1. The Morgan fingerprint density at radius 3 is 1.75 bits per heavy atom. The molecule has 0 N–H and O–H groups in total. The molecule has 0 bridgehead atoms. The van der Waals surface area contributed by atoms with Gasteiger partial charge in [0.05, 0.1) is 5.92 Å². The molecule has 2 nitrogen and oxygen atoms in total. The van der Waals surface area contributed by atoms with Crippen LogP contribution in [0.3, 0.4) is 0 Å². The molecule has 24 heavy (non-hydrogen) atoms. The number of hydrogen-bond donors (Lipinski definition) is 0. The van der Waals surface area contributed by atoms with Crippen LogP contribution in [0.2, 0.25) is 0 Å². The first-order chi connectivity index (χ1) is 11.7. The summed E-state index contributed by atoms with van der Waals surface area (Å²) < 4.78 is 10.4. The van der Waals surface area contributed by atoms with Crippen LogP contribution >= 0.6 is 35.1 Å². The quantitative estimate of drug-likeness (QED) is 0.497. The molecule has 0 saturated carbocycles. The number of aryl methyl sites for hydroxylation is 2. The van der Waals surface area contributed by atoms with Gasteiger partial charge in [-0.3, -0.25) is 0 Å². The van der Waals surface area contributed by atoms with Gasteiger partial charge in [-0.25, -0.2) is 0 Å². The Balaban J connectivity index is 2.28. The molecule has 0 fully saturated rings. The van der Waals surface area contributed by atoms with E-state index in [4.69, 9.17) is 32.3 Å². The molecule has 0 atom stereocenters. The van der Waals surface area contributed by atoms with Crippen molar-refractivity contribution < 1.29 is 8.58 Å². The van der Waals surface area contributed by atoms with E-state index in [-0.39, 0.29) is 5.92 Å². The number of thiophene rings is 1. The molecular formula is C19H16Cl2O2S. The minimum Gasteiger partial charge on any atom is -0.385 e. The van der Waals surface area contributed by atoms with Crippen LogP contribution in [-0.2, 0) is 0 Å². The molecule has 124 valence electrons. The number of benzene rings is 2. The summed E-state index contributed by atoms with van der Waals surface area (Å²) in [6.07, 6.45) is 0. The highest BCUT2D eigenvalue weighted by atomic mass is 35.5. The van der Waals surface area contributed by atoms with Gasteiger partial charge >= 0.3 is 0 Å². The zero-order valence-electron chi connectivity index (χ0n) is 13.3. The van der Waals surface area contributed by atoms with Crippen LogP contribution in [0.4, 0.5) is 0 Å². The minimum absolute atomic E-state index is 0.0766. The van der Waals surface area contributed by atoms with E-state index in [0.717, 1.165) is 27.1 Å². The molecule has 0 amide bonds. The predicted octanol–water partition coefficient (Wildman–Crippen LogP) is 6.61. The Morgan fingerprint density at radius 2 is 1.33 bits per heavy atom. The zero-order chi connectivity index (χ0) is 17.1. The van der Waals surface area contributed by atoms with Crippen molar-refractivity contribution in [2.24, 2.45) is 0 Å². The number of para-hydroxylation sites is 2. The van der Waals surface area contributed by atoms with Gasteiger partial charge in [-0.05, 0) is 36.4 Å². The van der Waals surface area contributed by atoms with Gasteiger partial charge in [0.15, 0.2) is 11.5 Å². The average Bonchev–Trinajstić information content (AvgIpc) is 3.10. The van der Waals surface area contributed by atoms with E-state index in [2.05, 4.69) is 11.4 Å². The fourth-order valence-electron chi connectivity index (χ4n) is 2.95. The molecule has 2 aromatic carbocycles. The maximum absolute atomic E-state index is 5.78. The van der Waals surface area contributed by atoms with Crippen molar-refractivity contribution in [3.63, 3.8) is 0 Å². The monoisotopic (exact) mass is 378 g/mol. The second-order valence-electron chi connectivity index (χ2n) is 5.59. The van der Waals surface area contributed by atoms with Crippen LogP contribution < -0.4 is 8.58 Å². The second kappa shape index (κ2) is 7.47. The van der Waals surface area contributed by atoms with E-state index in [1.54, 1.807) is 11.3 Å². The van der Waals surface area contributed by atoms with Crippen molar-refractivity contribution in [3.05, 3.63) is 81.0 Å². The van der Waals surface area contributed by atoms with E-state index in [9.17, 15) is 0 Å². The van der Waals surface area contributed by atoms with E-state index < -0.39 is 0 Å². The largest absolute Gasteiger partial charge is 0.385 e. The first-order valence-electron chi connectivity index (χ1n) is 7.47. The standard InChI is InChI=1S/C19H16Cl2O2S/c1-12-6-3-8-14(18(12)22-20)17(16-10-5-11-24-16)15-9-4-7-13(2)19(15)23-21/h3-11,17H,1-2H3. The lowest BCUT2D eigenvalue weighted by atomic mass is 9.87. The number of halogens is 2. The van der Waals surface area contributed by atoms with Gasteiger partial charge in [0.25, 0.3) is 0 Å². The lowest BCUT2D eigenvalue weighted by molar-refractivity contribution is 0.587. The highest BCUT2D eigenvalue weighted by Crippen LogP contribution is 2.44. The van der Waals surface area contributed by atoms with Gasteiger partial charge in [-0.15, -0.1) is 11.3 Å². The summed E-state index contributed by atoms with van der Waals surface area (Å²) >= 11 is 13.2. The highest BCUT2D eigenvalue weighted by molar-refractivity contribution is 7.10. The summed E-state index contributed by atoms with van der Waals surface area (Å²) in [6.45, 7) is 3.95. The third-order valence-electron chi connectivity index (χ3n) is 4.09. The Bertz CT molecular complexity index is 778. The molecule has 0 aliphatic rings. The van der Waals surface area contributed by atoms with Crippen LogP contribution in [0.25, 0.3) is 0 Å². The highest BCUT2D eigenvalue weighted by Gasteiger charge is 2.26. The van der Waals surface area contributed by atoms with Crippen LogP contribution in [0.1, 0.15) is 33.0 Å². The summed E-state index contributed by atoms with van der Waals surface area (Å²) in [4.78, 5) is 1.16. The summed E-state index contributed by atoms with van der Waals surface area (Å²) in [5.74, 6) is 1.26. The Labute approximate surface area is 155 Å². The lowest BCUT2D eigenvalue weighted by Gasteiger charge is -2.22. The maximum atomic E-state index is 5.78. The normalized spacial score (nSPS) is 10.9. The summed E-state index contributed by atoms with van der Waals surface area (Å²) in [5, 5.41) is 2.05. The molecule has 0 saturated heterocycles. The minimum atomic E-state index is -0.0766. The first-order valence-corrected chi connectivity index (χ1v) is 8.96. The summed E-state index contributed by atoms with van der Waals surface area (Å²) in [5.41, 5.74) is 3.91. The molecule has 3 aromatic rings. The van der Waals surface area contributed by atoms with E-state index in [1.807, 2.05) is 56.3 Å². The number of rotatable bonds is 5. The van der Waals surface area contributed by atoms with Crippen molar-refractivity contribution in [2.75, 3.05) is 0 Å². The molecule has 0 aliphatic carbocycles. The Hall–Kier alpha value is -1.68. The molecular weight excluding hydrogens is 363 g/mol. The fraction of sp³-hybridized carbons (Fsp3) is 0.158. The van der Waals surface area contributed by atoms with Crippen molar-refractivity contribution in [1.82, 2.24) is 0 Å². The van der Waals surface area contributed by atoms with E-state index in [0.29, 0.717) is 11.5 Å². The molecule has 1 heterocycles. The molecule has 1 aromatic heterocycles. The van der Waals surface area contributed by atoms with Crippen LogP contribution in [0.5, 0.6) is 11.5 Å². The Morgan fingerprint density at radius 1 is 0.792 bits per heavy atom. The lowest BCUT2D eigenvalue weighted by Crippen LogP contribution is -2.06. The third-order valence-corrected chi connectivity index (χ3v) is 5.33. The summed E-state index contributed by atoms with van der Waals surface area (Å²) in [7, 11) is 0. The van der Waals surface area contributed by atoms with Gasteiger partial charge in [-0.1, -0.05) is 42.5 Å². The van der Waals surface area contributed by atoms with Crippen molar-refractivity contribution in [1.29, 1.82) is 0 Å². The first kappa shape index (κ1) is 17.2. The number of hydrogen-bond acceptors (Lipinski definition) is 3. The third kappa shape index (κ3) is 3.12. The molecule has 0 spiro atoms. The van der Waals surface area contributed by atoms with Crippen molar-refractivity contribution in [3.8, 4) is 11.5 Å². The molecule has 0 unspecified atom stereocenters. The molecule has 3 rings (SSSR count). The van der Waals surface area contributed by atoms with E-state index >= 15 is 0 Å². The van der Waals surface area contributed by atoms with E-state index in [1.165, 1.54) is 0 Å². The second-order valence-corrected chi connectivity index (χ2v) is 6.88. The smallest absolute Gasteiger partial charge is 0.153 e. The maximum Gasteiger partial charge on any atom is 0.153 e. The van der Waals surface area contributed by atoms with Gasteiger partial charge in [0.2, 0.25) is 0 Å². The zero-order valence-corrected chi connectivity index (χ0v) is 15.6. The van der Waals surface area contributed by atoms with Crippen LogP contribution in [0, 0.1) is 13.8 Å². The van der Waals surface area contributed by atoms with Gasteiger partial charge in [-0.2, -0.15) is 0 Å². The van der Waals surface area contributed by atoms with Crippen molar-refractivity contribution in [2.45, 2.75) is 19.8 Å². The Kier molecular flexibility index (Phi) is 5.34. The molecule has 5 heteroatoms. The topological polar surface area (TPSA) is 18.5 Å². The van der Waals surface area contributed by atoms with Crippen LogP contribution in [-0.4, -0.2) is 0 Å². The van der Waals surface area contributed by atoms with Gasteiger partial charge in [0, 0.05) is 16.0 Å². The SMILES string of the molecule is Cc1cccc(C(c2cccs2)c2cccc(C)c2OCl)c1OCl. The van der Waals surface area contributed by atoms with Gasteiger partial charge < -0.3 is 8.58 Å². The van der Waals surface area contributed by atoms with Crippen molar-refractivity contribution >= 4 is 35.1 Å². The van der Waals surface area contributed by atoms with Crippen LogP contribution in [0.15, 0.2) is 53.9 Å². The average molecular weight is 379 g/mol. The predicted molar refractivity (Wildman–Crippen MR) is 101 cm³/mol. The van der Waals surface area contributed by atoms with Gasteiger partial charge in [0.1, 0.15) is 23.7 Å². The molecule has 0 aliphatic heterocycles.